The van der Waals surface area contributed by atoms with Crippen LogP contribution in [0.2, 0.25) is 0 Å². The van der Waals surface area contributed by atoms with Crippen LogP contribution in [-0.4, -0.2) is 16.0 Å². The minimum absolute atomic E-state index is 0.0308. The monoisotopic (exact) mass is 279 g/mol. The molecule has 1 aliphatic carbocycles. The Balaban J connectivity index is 1.69. The predicted molar refractivity (Wildman–Crippen MR) is 68.2 cm³/mol. The van der Waals surface area contributed by atoms with Crippen LogP contribution in [0.4, 0.5) is 19.1 Å². The Labute approximate surface area is 113 Å². The molecule has 1 N–H and O–H groups in total. The second kappa shape index (κ2) is 4.77. The molecule has 0 aliphatic heterocycles. The van der Waals surface area contributed by atoms with E-state index in [1.165, 1.54) is 5.56 Å². The molecule has 3 nitrogen and oxygen atoms in total. The maximum absolute atomic E-state index is 12.5. The lowest BCUT2D eigenvalue weighted by molar-refractivity contribution is -0.141. The van der Waals surface area contributed by atoms with E-state index in [1.807, 2.05) is 30.3 Å². The largest absolute Gasteiger partial charge is 0.433 e. The predicted octanol–water partition coefficient (Wildman–Crippen LogP) is 3.46. The summed E-state index contributed by atoms with van der Waals surface area (Å²) in [7, 11) is 0. The Kier molecular flexibility index (Phi) is 3.08. The molecule has 3 rings (SSSR count). The number of benzene rings is 1. The Bertz CT molecular complexity index is 598. The van der Waals surface area contributed by atoms with E-state index in [1.54, 1.807) is 0 Å². The molecule has 20 heavy (non-hydrogen) atoms. The summed E-state index contributed by atoms with van der Waals surface area (Å²) < 4.78 is 37.6. The van der Waals surface area contributed by atoms with Crippen molar-refractivity contribution in [2.75, 3.05) is 5.32 Å². The summed E-state index contributed by atoms with van der Waals surface area (Å²) in [6.07, 6.45) is -2.44. The first-order valence-electron chi connectivity index (χ1n) is 6.26. The van der Waals surface area contributed by atoms with Crippen molar-refractivity contribution in [1.29, 1.82) is 0 Å². The highest BCUT2D eigenvalue weighted by Crippen LogP contribution is 2.42. The summed E-state index contributed by atoms with van der Waals surface area (Å²) in [5.41, 5.74) is 0.254. The zero-order valence-corrected chi connectivity index (χ0v) is 10.4. The molecule has 1 fully saturated rings. The van der Waals surface area contributed by atoms with Gasteiger partial charge in [0.05, 0.1) is 0 Å². The van der Waals surface area contributed by atoms with Crippen LogP contribution in [0.15, 0.2) is 42.6 Å². The topological polar surface area (TPSA) is 37.8 Å². The summed E-state index contributed by atoms with van der Waals surface area (Å²) >= 11 is 0. The number of nitrogens with zero attached hydrogens (tertiary/aromatic N) is 2. The Morgan fingerprint density at radius 2 is 1.85 bits per heavy atom. The van der Waals surface area contributed by atoms with Crippen molar-refractivity contribution < 1.29 is 13.2 Å². The zero-order valence-electron chi connectivity index (χ0n) is 10.4. The van der Waals surface area contributed by atoms with Crippen LogP contribution >= 0.6 is 0 Å². The minimum Gasteiger partial charge on any atom is -0.351 e. The van der Waals surface area contributed by atoms with Crippen molar-refractivity contribution in [2.24, 2.45) is 0 Å². The zero-order chi connectivity index (χ0) is 14.2. The van der Waals surface area contributed by atoms with Crippen molar-refractivity contribution in [2.45, 2.75) is 24.6 Å². The fraction of sp³-hybridized carbons (Fsp3) is 0.286. The van der Waals surface area contributed by atoms with Crippen LogP contribution in [-0.2, 0) is 6.18 Å². The van der Waals surface area contributed by atoms with Gasteiger partial charge in [0, 0.05) is 18.2 Å². The van der Waals surface area contributed by atoms with Crippen LogP contribution < -0.4 is 5.32 Å². The van der Waals surface area contributed by atoms with Crippen LogP contribution in [0, 0.1) is 0 Å². The summed E-state index contributed by atoms with van der Waals surface area (Å²) in [5.74, 6) is 0.345. The van der Waals surface area contributed by atoms with Gasteiger partial charge in [0.2, 0.25) is 5.95 Å². The molecule has 0 radical (unpaired) electrons. The summed E-state index contributed by atoms with van der Waals surface area (Å²) in [5, 5.41) is 2.95. The van der Waals surface area contributed by atoms with Gasteiger partial charge in [-0.3, -0.25) is 0 Å². The van der Waals surface area contributed by atoms with Gasteiger partial charge in [-0.1, -0.05) is 30.3 Å². The quantitative estimate of drug-likeness (QED) is 0.935. The van der Waals surface area contributed by atoms with E-state index in [0.717, 1.165) is 18.7 Å². The summed E-state index contributed by atoms with van der Waals surface area (Å²) in [6, 6.07) is 10.8. The first-order valence-corrected chi connectivity index (χ1v) is 6.26. The number of aromatic nitrogens is 2. The Morgan fingerprint density at radius 1 is 1.10 bits per heavy atom. The smallest absolute Gasteiger partial charge is 0.351 e. The number of halogens is 3. The molecule has 1 heterocycles. The molecule has 0 bridgehead atoms. The van der Waals surface area contributed by atoms with Crippen molar-refractivity contribution >= 4 is 5.95 Å². The lowest BCUT2D eigenvalue weighted by Crippen LogP contribution is -2.13. The number of hydrogen-bond acceptors (Lipinski definition) is 3. The van der Waals surface area contributed by atoms with E-state index >= 15 is 0 Å². The molecule has 2 atom stereocenters. The second-order valence-corrected chi connectivity index (χ2v) is 4.77. The van der Waals surface area contributed by atoms with Gasteiger partial charge in [-0.15, -0.1) is 0 Å². The van der Waals surface area contributed by atoms with E-state index in [-0.39, 0.29) is 12.0 Å². The average molecular weight is 279 g/mol. The molecule has 0 spiro atoms. The number of nitrogens with one attached hydrogen (secondary N) is 1. The number of anilines is 1. The van der Waals surface area contributed by atoms with Gasteiger partial charge in [0.1, 0.15) is 5.69 Å². The molecule has 0 saturated heterocycles. The van der Waals surface area contributed by atoms with Gasteiger partial charge in [-0.2, -0.15) is 13.2 Å². The van der Waals surface area contributed by atoms with Crippen LogP contribution in [0.3, 0.4) is 0 Å². The molecule has 2 aromatic rings. The van der Waals surface area contributed by atoms with Gasteiger partial charge in [0.25, 0.3) is 0 Å². The first kappa shape index (κ1) is 12.9. The van der Waals surface area contributed by atoms with Crippen molar-refractivity contribution in [3.63, 3.8) is 0 Å². The molecular weight excluding hydrogens is 267 g/mol. The van der Waals surface area contributed by atoms with E-state index in [4.69, 9.17) is 0 Å². The van der Waals surface area contributed by atoms with Crippen LogP contribution in [0.5, 0.6) is 0 Å². The number of alkyl halides is 3. The standard InChI is InChI=1S/C14H12F3N3/c15-14(16,17)12-6-7-18-13(20-12)19-11-8-10(11)9-4-2-1-3-5-9/h1-7,10-11H,8H2,(H,18,19,20). The molecule has 1 aromatic heterocycles. The van der Waals surface area contributed by atoms with Gasteiger partial charge < -0.3 is 5.32 Å². The van der Waals surface area contributed by atoms with Gasteiger partial charge in [-0.05, 0) is 18.1 Å². The van der Waals surface area contributed by atoms with E-state index in [2.05, 4.69) is 15.3 Å². The third-order valence-corrected chi connectivity index (χ3v) is 3.28. The lowest BCUT2D eigenvalue weighted by atomic mass is 10.1. The third kappa shape index (κ3) is 2.74. The Hall–Kier alpha value is -2.11. The first-order chi connectivity index (χ1) is 9.54. The molecule has 0 amide bonds. The third-order valence-electron chi connectivity index (χ3n) is 3.28. The summed E-state index contributed by atoms with van der Waals surface area (Å²) in [4.78, 5) is 7.34. The highest BCUT2D eigenvalue weighted by molar-refractivity contribution is 5.37. The average Bonchev–Trinajstić information content (AvgIpc) is 3.18. The Morgan fingerprint density at radius 3 is 2.55 bits per heavy atom. The number of hydrogen-bond donors (Lipinski definition) is 1. The minimum atomic E-state index is -4.44. The van der Waals surface area contributed by atoms with Gasteiger partial charge in [0.15, 0.2) is 0 Å². The van der Waals surface area contributed by atoms with E-state index in [0.29, 0.717) is 5.92 Å². The molecule has 1 saturated carbocycles. The van der Waals surface area contributed by atoms with Gasteiger partial charge in [-0.25, -0.2) is 9.97 Å². The summed E-state index contributed by atoms with van der Waals surface area (Å²) in [6.45, 7) is 0. The molecule has 1 aromatic carbocycles. The fourth-order valence-corrected chi connectivity index (χ4v) is 2.18. The van der Waals surface area contributed by atoms with Crippen LogP contribution in [0.25, 0.3) is 0 Å². The molecule has 1 aliphatic rings. The highest BCUT2D eigenvalue weighted by Gasteiger charge is 2.39. The maximum Gasteiger partial charge on any atom is 0.433 e. The molecule has 104 valence electrons. The van der Waals surface area contributed by atoms with Crippen molar-refractivity contribution in [3.05, 3.63) is 53.9 Å². The van der Waals surface area contributed by atoms with Crippen LogP contribution in [0.1, 0.15) is 23.6 Å². The molecular formula is C14H12F3N3. The fourth-order valence-electron chi connectivity index (χ4n) is 2.18. The molecule has 2 unspecified atom stereocenters. The SMILES string of the molecule is FC(F)(F)c1ccnc(NC2CC2c2ccccc2)n1. The molecule has 6 heteroatoms. The lowest BCUT2D eigenvalue weighted by Gasteiger charge is -2.08. The highest BCUT2D eigenvalue weighted by atomic mass is 19.4. The van der Waals surface area contributed by atoms with Crippen molar-refractivity contribution in [3.8, 4) is 0 Å². The van der Waals surface area contributed by atoms with E-state index < -0.39 is 11.9 Å². The normalized spacial score (nSPS) is 21.6. The second-order valence-electron chi connectivity index (χ2n) is 4.77. The van der Waals surface area contributed by atoms with Gasteiger partial charge >= 0.3 is 6.18 Å². The maximum atomic E-state index is 12.5. The van der Waals surface area contributed by atoms with Crippen molar-refractivity contribution in [1.82, 2.24) is 9.97 Å². The number of rotatable bonds is 3. The van der Waals surface area contributed by atoms with E-state index in [9.17, 15) is 13.2 Å².